The van der Waals surface area contributed by atoms with Crippen LogP contribution in [0.1, 0.15) is 57.9 Å². The van der Waals surface area contributed by atoms with Crippen molar-refractivity contribution in [1.29, 1.82) is 0 Å². The Morgan fingerprint density at radius 3 is 2.70 bits per heavy atom. The molecule has 0 aliphatic carbocycles. The molecular weight excluding hydrogens is 592 g/mol. The van der Waals surface area contributed by atoms with Crippen molar-refractivity contribution in [2.75, 3.05) is 44.9 Å². The van der Waals surface area contributed by atoms with E-state index in [4.69, 9.17) is 14.5 Å². The number of phenols is 1. The summed E-state index contributed by atoms with van der Waals surface area (Å²) in [5.74, 6) is -0.747. The first kappa shape index (κ1) is 31.0. The lowest BCUT2D eigenvalue weighted by molar-refractivity contribution is 0.0445. The van der Waals surface area contributed by atoms with Gasteiger partial charge >= 0.3 is 6.01 Å². The van der Waals surface area contributed by atoms with Crippen molar-refractivity contribution in [3.8, 4) is 23.0 Å². The Balaban J connectivity index is 1.35. The number of β-amino-alcohol motifs (C(OH)–C–C–N with tert-alkyl or cyclic N) is 1. The number of hydrogen-bond acceptors (Lipinski definition) is 9. The smallest absolute Gasteiger partial charge is 0.319 e. The highest BCUT2D eigenvalue weighted by Crippen LogP contribution is 2.43. The fourth-order valence-electron chi connectivity index (χ4n) is 8.13. The molecule has 2 aromatic carbocycles. The highest BCUT2D eigenvalue weighted by atomic mass is 19.1. The van der Waals surface area contributed by atoms with Crippen LogP contribution in [0.3, 0.4) is 0 Å². The van der Waals surface area contributed by atoms with E-state index in [0.717, 1.165) is 38.6 Å². The molecule has 5 heterocycles. The number of hydrogen-bond donors (Lipinski definition) is 2. The van der Waals surface area contributed by atoms with Crippen LogP contribution in [-0.2, 0) is 11.2 Å². The summed E-state index contributed by atoms with van der Waals surface area (Å²) in [6, 6.07) is 6.28. The van der Waals surface area contributed by atoms with Gasteiger partial charge in [0.25, 0.3) is 0 Å². The number of aromatic nitrogens is 3. The molecule has 3 fully saturated rings. The molecule has 0 spiro atoms. The largest absolute Gasteiger partial charge is 0.508 e. The van der Waals surface area contributed by atoms with Crippen LogP contribution < -0.4 is 9.64 Å². The third-order valence-electron chi connectivity index (χ3n) is 10.2. The minimum Gasteiger partial charge on any atom is -0.508 e. The number of anilines is 1. The Labute approximate surface area is 267 Å². The van der Waals surface area contributed by atoms with Crippen molar-refractivity contribution in [3.05, 3.63) is 47.7 Å². The van der Waals surface area contributed by atoms with Gasteiger partial charge in [0.05, 0.1) is 23.1 Å². The van der Waals surface area contributed by atoms with E-state index in [1.54, 1.807) is 20.1 Å². The number of aliphatic hydroxyl groups is 1. The van der Waals surface area contributed by atoms with E-state index in [1.165, 1.54) is 24.4 Å². The number of methoxy groups -OCH3 is 1. The first-order valence-corrected chi connectivity index (χ1v) is 16.3. The van der Waals surface area contributed by atoms with Gasteiger partial charge in [-0.3, -0.25) is 9.88 Å². The Morgan fingerprint density at radius 1 is 1.09 bits per heavy atom. The standard InChI is InChI=1S/C35H41F2N5O4/c1-4-24-27(36)8-7-21-15-23(43)16-25(28(21)24)30-29(37)31-26(17-38-30)32(41-13-5-10-34(2,44)19-41)40-33(39-31)46-20-35-11-6-14-42(35)22(9-12-35)18-45-3/h7-8,15-17,22,43-44H,4-6,9-14,18-20H2,1-3H3/t22-,34+,35+/m0/s1. The zero-order chi connectivity index (χ0) is 32.2. The number of nitrogens with zero attached hydrogens (tertiary/aromatic N) is 5. The number of aromatic hydroxyl groups is 1. The lowest BCUT2D eigenvalue weighted by atomic mass is 9.94. The topological polar surface area (TPSA) is 104 Å². The van der Waals surface area contributed by atoms with Crippen molar-refractivity contribution in [2.24, 2.45) is 0 Å². The van der Waals surface area contributed by atoms with Crippen LogP contribution in [0, 0.1) is 11.6 Å². The van der Waals surface area contributed by atoms with E-state index in [1.807, 2.05) is 11.8 Å². The van der Waals surface area contributed by atoms with Gasteiger partial charge in [0.2, 0.25) is 0 Å². The van der Waals surface area contributed by atoms with Gasteiger partial charge in [0.1, 0.15) is 35.2 Å². The second-order valence-corrected chi connectivity index (χ2v) is 13.5. The SMILES string of the molecule is CCc1c(F)ccc2cc(O)cc(-c3ncc4c(N5CCC[C@@](C)(O)C5)nc(OC[C@]56CCCN5[C@H](COC)CC6)nc4c3F)c12. The Kier molecular flexibility index (Phi) is 7.97. The van der Waals surface area contributed by atoms with Gasteiger partial charge in [-0.15, -0.1) is 0 Å². The molecule has 2 aromatic heterocycles. The monoisotopic (exact) mass is 633 g/mol. The number of pyridine rings is 1. The van der Waals surface area contributed by atoms with Crippen molar-refractivity contribution in [1.82, 2.24) is 19.9 Å². The summed E-state index contributed by atoms with van der Waals surface area (Å²) in [6.45, 7) is 6.58. The molecule has 3 aliphatic rings. The molecule has 3 atom stereocenters. The van der Waals surface area contributed by atoms with Crippen LogP contribution in [0.25, 0.3) is 32.9 Å². The van der Waals surface area contributed by atoms with Crippen LogP contribution in [0.15, 0.2) is 30.5 Å². The second-order valence-electron chi connectivity index (χ2n) is 13.5. The summed E-state index contributed by atoms with van der Waals surface area (Å²) in [4.78, 5) is 18.4. The third kappa shape index (κ3) is 5.32. The average molecular weight is 634 g/mol. The van der Waals surface area contributed by atoms with Crippen molar-refractivity contribution < 1.29 is 28.5 Å². The zero-order valence-corrected chi connectivity index (χ0v) is 26.7. The molecule has 3 saturated heterocycles. The third-order valence-corrected chi connectivity index (χ3v) is 10.2. The Hall–Kier alpha value is -3.67. The van der Waals surface area contributed by atoms with E-state index in [9.17, 15) is 14.6 Å². The zero-order valence-electron chi connectivity index (χ0n) is 26.7. The van der Waals surface area contributed by atoms with Gasteiger partial charge in [0, 0.05) is 38.0 Å². The lowest BCUT2D eigenvalue weighted by Gasteiger charge is -2.38. The van der Waals surface area contributed by atoms with Gasteiger partial charge in [-0.25, -0.2) is 8.78 Å². The summed E-state index contributed by atoms with van der Waals surface area (Å²) < 4.78 is 43.7. The fourth-order valence-corrected chi connectivity index (χ4v) is 8.13. The number of benzene rings is 2. The summed E-state index contributed by atoms with van der Waals surface area (Å²) in [5, 5.41) is 23.0. The van der Waals surface area contributed by atoms with E-state index in [0.29, 0.717) is 72.7 Å². The van der Waals surface area contributed by atoms with E-state index in [-0.39, 0.29) is 34.1 Å². The molecule has 0 unspecified atom stereocenters. The number of phenolic OH excluding ortho intramolecular Hbond substituents is 1. The van der Waals surface area contributed by atoms with Crippen LogP contribution >= 0.6 is 0 Å². The maximum absolute atomic E-state index is 16.8. The molecule has 0 bridgehead atoms. The number of piperidine rings is 1. The van der Waals surface area contributed by atoms with E-state index >= 15 is 4.39 Å². The molecule has 3 aliphatic heterocycles. The summed E-state index contributed by atoms with van der Waals surface area (Å²) in [6.07, 6.45) is 7.34. The van der Waals surface area contributed by atoms with E-state index < -0.39 is 17.2 Å². The molecule has 0 amide bonds. The predicted molar refractivity (Wildman–Crippen MR) is 172 cm³/mol. The second kappa shape index (κ2) is 11.8. The highest BCUT2D eigenvalue weighted by molar-refractivity contribution is 6.01. The maximum Gasteiger partial charge on any atom is 0.319 e. The van der Waals surface area contributed by atoms with Gasteiger partial charge < -0.3 is 24.6 Å². The Bertz CT molecular complexity index is 1800. The first-order valence-electron chi connectivity index (χ1n) is 16.3. The first-order chi connectivity index (χ1) is 22.1. The molecule has 2 N–H and O–H groups in total. The highest BCUT2D eigenvalue weighted by Gasteiger charge is 2.49. The number of aryl methyl sites for hydroxylation is 1. The van der Waals surface area contributed by atoms with Gasteiger partial charge in [-0.2, -0.15) is 9.97 Å². The summed E-state index contributed by atoms with van der Waals surface area (Å²) in [7, 11) is 1.73. The minimum atomic E-state index is -0.937. The maximum atomic E-state index is 16.8. The molecule has 0 saturated carbocycles. The molecular formula is C35H41F2N5O4. The quantitative estimate of drug-likeness (QED) is 0.251. The average Bonchev–Trinajstić information content (AvgIpc) is 3.59. The molecule has 46 heavy (non-hydrogen) atoms. The number of halogens is 2. The van der Waals surface area contributed by atoms with Crippen LogP contribution in [-0.4, -0.2) is 87.2 Å². The van der Waals surface area contributed by atoms with Gasteiger partial charge in [-0.1, -0.05) is 13.0 Å². The van der Waals surface area contributed by atoms with Crippen LogP contribution in [0.4, 0.5) is 14.6 Å². The van der Waals surface area contributed by atoms with Crippen molar-refractivity contribution in [2.45, 2.75) is 76.0 Å². The summed E-state index contributed by atoms with van der Waals surface area (Å²) >= 11 is 0. The van der Waals surface area contributed by atoms with Crippen molar-refractivity contribution in [3.63, 3.8) is 0 Å². The number of fused-ring (bicyclic) bond motifs is 3. The molecule has 0 radical (unpaired) electrons. The Morgan fingerprint density at radius 2 is 1.91 bits per heavy atom. The normalized spacial score (nSPS) is 25.1. The molecule has 11 heteroatoms. The van der Waals surface area contributed by atoms with Crippen LogP contribution in [0.2, 0.25) is 0 Å². The van der Waals surface area contributed by atoms with E-state index in [2.05, 4.69) is 14.9 Å². The van der Waals surface area contributed by atoms with Crippen LogP contribution in [0.5, 0.6) is 11.8 Å². The minimum absolute atomic E-state index is 0.0191. The lowest BCUT2D eigenvalue weighted by Crippen LogP contribution is -2.48. The molecule has 244 valence electrons. The molecule has 4 aromatic rings. The number of rotatable bonds is 8. The molecule has 7 rings (SSSR count). The van der Waals surface area contributed by atoms with Gasteiger partial charge in [0.15, 0.2) is 5.82 Å². The number of ether oxygens (including phenoxy) is 2. The summed E-state index contributed by atoms with van der Waals surface area (Å²) in [5.41, 5.74) is -0.420. The van der Waals surface area contributed by atoms with Gasteiger partial charge in [-0.05, 0) is 92.9 Å². The van der Waals surface area contributed by atoms with Crippen molar-refractivity contribution >= 4 is 27.5 Å². The predicted octanol–water partition coefficient (Wildman–Crippen LogP) is 5.76. The molecule has 9 nitrogen and oxygen atoms in total. The fraction of sp³-hybridized carbons (Fsp3) is 0.514.